The molecule has 0 unspecified atom stereocenters. The first kappa shape index (κ1) is 11.0. The summed E-state index contributed by atoms with van der Waals surface area (Å²) < 4.78 is 9.56. The van der Waals surface area contributed by atoms with Gasteiger partial charge in [-0.15, -0.1) is 6.42 Å². The molecule has 0 atom stereocenters. The van der Waals surface area contributed by atoms with Gasteiger partial charge in [0.1, 0.15) is 0 Å². The van der Waals surface area contributed by atoms with Crippen molar-refractivity contribution in [1.29, 1.82) is 0 Å². The molecule has 0 aromatic heterocycles. The third kappa shape index (κ3) is 118. The Hall–Kier alpha value is 0.190. The summed E-state index contributed by atoms with van der Waals surface area (Å²) in [6, 6.07) is 0. The van der Waals surface area contributed by atoms with E-state index in [1.807, 2.05) is 0 Å². The number of terminal acetylenes is 1. The molecule has 0 aliphatic rings. The zero-order chi connectivity index (χ0) is 6.99. The first-order valence-corrected chi connectivity index (χ1v) is 4.98. The molecule has 48 valence electrons. The lowest BCUT2D eigenvalue weighted by Crippen LogP contribution is -1.70. The van der Waals surface area contributed by atoms with E-state index >= 15 is 0 Å². The summed E-state index contributed by atoms with van der Waals surface area (Å²) >= 11 is 3.01. The van der Waals surface area contributed by atoms with E-state index in [2.05, 4.69) is 21.9 Å². The Morgan fingerprint density at radius 2 is 1.88 bits per heavy atom. The minimum absolute atomic E-state index is 0.611. The molecule has 0 heterocycles. The second kappa shape index (κ2) is 10.2. The van der Waals surface area contributed by atoms with Crippen molar-refractivity contribution in [3.63, 3.8) is 0 Å². The molecular weight excluding hydrogens is 188 g/mol. The minimum atomic E-state index is -0.611. The van der Waals surface area contributed by atoms with Gasteiger partial charge in [0, 0.05) is 23.3 Å². The van der Waals surface area contributed by atoms with Crippen LogP contribution in [0.4, 0.5) is 0 Å². The zero-order valence-corrected chi connectivity index (χ0v) is 7.38. The summed E-state index contributed by atoms with van der Waals surface area (Å²) in [6.07, 6.45) is 8.01. The first-order chi connectivity index (χ1) is 3.65. The molecule has 0 aliphatic heterocycles. The Morgan fingerprint density at radius 3 is 1.88 bits per heavy atom. The molecule has 0 aromatic rings. The van der Waals surface area contributed by atoms with Gasteiger partial charge < -0.3 is 0 Å². The Kier molecular flexibility index (Phi) is 14.1. The van der Waals surface area contributed by atoms with E-state index in [0.29, 0.717) is 5.33 Å². The van der Waals surface area contributed by atoms with Crippen LogP contribution in [0.3, 0.4) is 0 Å². The van der Waals surface area contributed by atoms with E-state index in [0.717, 1.165) is 0 Å². The molecule has 0 spiro atoms. The molecule has 0 radical (unpaired) electrons. The second-order valence-corrected chi connectivity index (χ2v) is 3.12. The van der Waals surface area contributed by atoms with Crippen LogP contribution in [0.15, 0.2) is 0 Å². The predicted molar refractivity (Wildman–Crippen MR) is 42.6 cm³/mol. The van der Waals surface area contributed by atoms with Crippen molar-refractivity contribution in [1.82, 2.24) is 0 Å². The highest BCUT2D eigenvalue weighted by Crippen LogP contribution is 1.68. The SMILES string of the molecule is C#CCBr.CS(C)=O. The minimum Gasteiger partial charge on any atom is -0.260 e. The smallest absolute Gasteiger partial charge is 0.0642 e. The van der Waals surface area contributed by atoms with Gasteiger partial charge in [-0.1, -0.05) is 21.9 Å². The summed E-state index contributed by atoms with van der Waals surface area (Å²) in [5.41, 5.74) is 0. The van der Waals surface area contributed by atoms with E-state index in [-0.39, 0.29) is 0 Å². The van der Waals surface area contributed by atoms with Crippen LogP contribution < -0.4 is 0 Å². The number of hydrogen-bond acceptors (Lipinski definition) is 1. The number of halogens is 1. The summed E-state index contributed by atoms with van der Waals surface area (Å²) in [5.74, 6) is 2.35. The van der Waals surface area contributed by atoms with Crippen molar-refractivity contribution in [3.05, 3.63) is 0 Å². The maximum atomic E-state index is 9.56. The highest BCUT2D eigenvalue weighted by atomic mass is 79.9. The fraction of sp³-hybridized carbons (Fsp3) is 0.600. The van der Waals surface area contributed by atoms with Gasteiger partial charge in [0.05, 0.1) is 5.33 Å². The van der Waals surface area contributed by atoms with E-state index < -0.39 is 10.8 Å². The van der Waals surface area contributed by atoms with Gasteiger partial charge in [-0.2, -0.15) is 0 Å². The highest BCUT2D eigenvalue weighted by molar-refractivity contribution is 9.09. The van der Waals surface area contributed by atoms with Crippen molar-refractivity contribution in [2.45, 2.75) is 0 Å². The molecular formula is C5H9BrOS. The largest absolute Gasteiger partial charge is 0.260 e. The Bertz CT molecular complexity index is 91.1. The average molecular weight is 197 g/mol. The third-order valence-electron chi connectivity index (χ3n) is 0.0772. The lowest BCUT2D eigenvalue weighted by molar-refractivity contribution is 0.690. The Balaban J connectivity index is 0. The molecule has 0 rings (SSSR count). The molecule has 0 aromatic carbocycles. The van der Waals surface area contributed by atoms with Gasteiger partial charge in [-0.3, -0.25) is 4.21 Å². The van der Waals surface area contributed by atoms with Crippen molar-refractivity contribution in [3.8, 4) is 12.3 Å². The van der Waals surface area contributed by atoms with E-state index in [1.54, 1.807) is 12.5 Å². The van der Waals surface area contributed by atoms with E-state index in [1.165, 1.54) is 0 Å². The van der Waals surface area contributed by atoms with Crippen molar-refractivity contribution >= 4 is 26.7 Å². The van der Waals surface area contributed by atoms with Crippen LogP contribution in [0, 0.1) is 12.3 Å². The molecule has 0 N–H and O–H groups in total. The number of rotatable bonds is 0. The van der Waals surface area contributed by atoms with Gasteiger partial charge >= 0.3 is 0 Å². The molecule has 0 amide bonds. The molecule has 0 aliphatic carbocycles. The summed E-state index contributed by atoms with van der Waals surface area (Å²) in [6.45, 7) is 0. The molecule has 1 nitrogen and oxygen atoms in total. The molecule has 0 saturated heterocycles. The van der Waals surface area contributed by atoms with Gasteiger partial charge in [-0.05, 0) is 0 Å². The average Bonchev–Trinajstić information content (AvgIpc) is 1.65. The number of alkyl halides is 1. The Labute approximate surface area is 61.4 Å². The normalized spacial score (nSPS) is 6.88. The Morgan fingerprint density at radius 1 is 1.75 bits per heavy atom. The molecule has 0 fully saturated rings. The second-order valence-electron chi connectivity index (χ2n) is 1.08. The zero-order valence-electron chi connectivity index (χ0n) is 4.98. The number of hydrogen-bond donors (Lipinski definition) is 0. The van der Waals surface area contributed by atoms with Crippen LogP contribution in [0.1, 0.15) is 0 Å². The summed E-state index contributed by atoms with van der Waals surface area (Å²) in [7, 11) is -0.611. The van der Waals surface area contributed by atoms with Crippen LogP contribution in [0.5, 0.6) is 0 Å². The van der Waals surface area contributed by atoms with E-state index in [4.69, 9.17) is 6.42 Å². The van der Waals surface area contributed by atoms with Crippen LogP contribution in [0.25, 0.3) is 0 Å². The topological polar surface area (TPSA) is 17.1 Å². The quantitative estimate of drug-likeness (QED) is 0.418. The lowest BCUT2D eigenvalue weighted by atomic mass is 10.9. The molecule has 3 heteroatoms. The third-order valence-corrected chi connectivity index (χ3v) is 0.401. The highest BCUT2D eigenvalue weighted by Gasteiger charge is 1.57. The molecule has 0 bridgehead atoms. The van der Waals surface area contributed by atoms with Crippen LogP contribution >= 0.6 is 15.9 Å². The van der Waals surface area contributed by atoms with Crippen molar-refractivity contribution < 1.29 is 4.21 Å². The summed E-state index contributed by atoms with van der Waals surface area (Å²) in [5, 5.41) is 0.660. The van der Waals surface area contributed by atoms with Crippen LogP contribution in [-0.4, -0.2) is 22.1 Å². The van der Waals surface area contributed by atoms with Crippen LogP contribution in [-0.2, 0) is 10.8 Å². The van der Waals surface area contributed by atoms with Crippen molar-refractivity contribution in [2.24, 2.45) is 0 Å². The first-order valence-electron chi connectivity index (χ1n) is 1.89. The predicted octanol–water partition coefficient (Wildman–Crippen LogP) is 1.01. The standard InChI is InChI=1S/C3H3Br.C2H6OS/c1-2-3-4;1-4(2)3/h1H,3H2;1-2H3. The van der Waals surface area contributed by atoms with Crippen molar-refractivity contribution in [2.75, 3.05) is 17.8 Å². The van der Waals surface area contributed by atoms with Gasteiger partial charge in [-0.25, -0.2) is 0 Å². The van der Waals surface area contributed by atoms with Gasteiger partial charge in [0.25, 0.3) is 0 Å². The van der Waals surface area contributed by atoms with Gasteiger partial charge in [0.2, 0.25) is 0 Å². The fourth-order valence-corrected chi connectivity index (χ4v) is 0. The summed E-state index contributed by atoms with van der Waals surface area (Å²) in [4.78, 5) is 0. The maximum Gasteiger partial charge on any atom is 0.0642 e. The van der Waals surface area contributed by atoms with Crippen LogP contribution in [0.2, 0.25) is 0 Å². The van der Waals surface area contributed by atoms with E-state index in [9.17, 15) is 4.21 Å². The maximum absolute atomic E-state index is 9.56. The lowest BCUT2D eigenvalue weighted by Gasteiger charge is -1.60. The van der Waals surface area contributed by atoms with Gasteiger partial charge in [0.15, 0.2) is 0 Å². The monoisotopic (exact) mass is 196 g/mol. The molecule has 0 saturated carbocycles. The molecule has 8 heavy (non-hydrogen) atoms. The fourth-order valence-electron chi connectivity index (χ4n) is 0.